The van der Waals surface area contributed by atoms with Crippen LogP contribution in [0.1, 0.15) is 43.6 Å². The van der Waals surface area contributed by atoms with Gasteiger partial charge in [-0.15, -0.1) is 0 Å². The normalized spacial score (nSPS) is 28.4. The minimum Gasteiger partial charge on any atom is -0.327 e. The predicted molar refractivity (Wildman–Crippen MR) is 60.2 cm³/mol. The Bertz CT molecular complexity index is 268. The summed E-state index contributed by atoms with van der Waals surface area (Å²) in [5, 5.41) is 0. The van der Waals surface area contributed by atoms with Crippen LogP contribution in [0.25, 0.3) is 0 Å². The highest BCUT2D eigenvalue weighted by atomic mass is 14.6. The molecule has 0 saturated heterocycles. The Morgan fingerprint density at radius 3 is 2.43 bits per heavy atom. The van der Waals surface area contributed by atoms with Gasteiger partial charge in [0, 0.05) is 6.04 Å². The predicted octanol–water partition coefficient (Wildman–Crippen LogP) is 3.06. The molecule has 0 amide bonds. The van der Waals surface area contributed by atoms with Crippen molar-refractivity contribution in [2.45, 2.75) is 44.1 Å². The van der Waals surface area contributed by atoms with Crippen LogP contribution in [-0.4, -0.2) is 6.04 Å². The lowest BCUT2D eigenvalue weighted by atomic mass is 9.88. The molecule has 2 atom stereocenters. The highest BCUT2D eigenvalue weighted by Crippen LogP contribution is 2.30. The minimum absolute atomic E-state index is 0.375. The van der Waals surface area contributed by atoms with Gasteiger partial charge in [0.1, 0.15) is 0 Å². The quantitative estimate of drug-likeness (QED) is 0.675. The van der Waals surface area contributed by atoms with E-state index in [1.165, 1.54) is 37.7 Å². The van der Waals surface area contributed by atoms with E-state index in [0.717, 1.165) is 0 Å². The molecule has 2 rings (SSSR count). The van der Waals surface area contributed by atoms with E-state index in [1.54, 1.807) is 0 Å². The molecule has 14 heavy (non-hydrogen) atoms. The first-order valence-electron chi connectivity index (χ1n) is 5.68. The Morgan fingerprint density at radius 1 is 0.929 bits per heavy atom. The van der Waals surface area contributed by atoms with Gasteiger partial charge < -0.3 is 5.73 Å². The van der Waals surface area contributed by atoms with E-state index in [0.29, 0.717) is 12.0 Å². The Morgan fingerprint density at radius 2 is 1.64 bits per heavy atom. The fourth-order valence-electron chi connectivity index (χ4n) is 2.45. The van der Waals surface area contributed by atoms with Crippen LogP contribution in [0, 0.1) is 0 Å². The number of rotatable bonds is 1. The summed E-state index contributed by atoms with van der Waals surface area (Å²) in [6.07, 6.45) is 6.47. The summed E-state index contributed by atoms with van der Waals surface area (Å²) >= 11 is 0. The highest BCUT2D eigenvalue weighted by Gasteiger charge is 2.21. The van der Waals surface area contributed by atoms with Crippen LogP contribution in [0.3, 0.4) is 0 Å². The first-order valence-corrected chi connectivity index (χ1v) is 5.68. The van der Waals surface area contributed by atoms with Crippen LogP contribution in [0.2, 0.25) is 0 Å². The topological polar surface area (TPSA) is 26.0 Å². The smallest absolute Gasteiger partial charge is 0.0108 e. The maximum absolute atomic E-state index is 6.21. The molecule has 0 heterocycles. The fraction of sp³-hybridized carbons (Fsp3) is 0.538. The van der Waals surface area contributed by atoms with Gasteiger partial charge in [0.15, 0.2) is 0 Å². The molecule has 0 bridgehead atoms. The SMILES string of the molecule is N[C@@H]1CCCCC[C@@H]1c1ccccc1. The van der Waals surface area contributed by atoms with Crippen molar-refractivity contribution in [3.05, 3.63) is 35.9 Å². The van der Waals surface area contributed by atoms with Crippen LogP contribution in [-0.2, 0) is 0 Å². The molecule has 0 spiro atoms. The van der Waals surface area contributed by atoms with Gasteiger partial charge in [-0.25, -0.2) is 0 Å². The maximum atomic E-state index is 6.21. The summed E-state index contributed by atoms with van der Waals surface area (Å²) in [5.41, 5.74) is 7.64. The molecular weight excluding hydrogens is 170 g/mol. The Balaban J connectivity index is 2.15. The zero-order chi connectivity index (χ0) is 9.80. The average Bonchev–Trinajstić information content (AvgIpc) is 2.44. The molecule has 0 radical (unpaired) electrons. The van der Waals surface area contributed by atoms with Gasteiger partial charge in [-0.2, -0.15) is 0 Å². The third-order valence-corrected chi connectivity index (χ3v) is 3.30. The second-order valence-corrected chi connectivity index (χ2v) is 4.32. The van der Waals surface area contributed by atoms with E-state index >= 15 is 0 Å². The third kappa shape index (κ3) is 2.16. The summed E-state index contributed by atoms with van der Waals surface area (Å²) in [5.74, 6) is 0.596. The fourth-order valence-corrected chi connectivity index (χ4v) is 2.45. The zero-order valence-electron chi connectivity index (χ0n) is 8.65. The largest absolute Gasteiger partial charge is 0.327 e. The molecule has 1 aliphatic rings. The summed E-state index contributed by atoms with van der Waals surface area (Å²) in [6.45, 7) is 0. The first-order chi connectivity index (χ1) is 6.88. The van der Waals surface area contributed by atoms with Crippen molar-refractivity contribution >= 4 is 0 Å². The molecule has 1 aromatic carbocycles. The molecule has 0 unspecified atom stereocenters. The second-order valence-electron chi connectivity index (χ2n) is 4.32. The lowest BCUT2D eigenvalue weighted by Crippen LogP contribution is -2.27. The third-order valence-electron chi connectivity index (χ3n) is 3.30. The van der Waals surface area contributed by atoms with E-state index in [1.807, 2.05) is 0 Å². The van der Waals surface area contributed by atoms with E-state index in [2.05, 4.69) is 30.3 Å². The highest BCUT2D eigenvalue weighted by molar-refractivity contribution is 5.21. The molecular formula is C13H19N. The molecule has 1 nitrogen and oxygen atoms in total. The van der Waals surface area contributed by atoms with Crippen molar-refractivity contribution in [3.63, 3.8) is 0 Å². The molecule has 1 heteroatoms. The van der Waals surface area contributed by atoms with Gasteiger partial charge in [0.05, 0.1) is 0 Å². The molecule has 1 aliphatic carbocycles. The molecule has 1 aromatic rings. The number of hydrogen-bond donors (Lipinski definition) is 1. The molecule has 0 aromatic heterocycles. The summed E-state index contributed by atoms with van der Waals surface area (Å²) < 4.78 is 0. The standard InChI is InChI=1S/C13H19N/c14-13-10-6-2-5-9-12(13)11-7-3-1-4-8-11/h1,3-4,7-8,12-13H,2,5-6,9-10,14H2/t12-,13-/m1/s1. The monoisotopic (exact) mass is 189 g/mol. The number of hydrogen-bond acceptors (Lipinski definition) is 1. The van der Waals surface area contributed by atoms with Crippen LogP contribution >= 0.6 is 0 Å². The van der Waals surface area contributed by atoms with Crippen molar-refractivity contribution in [1.29, 1.82) is 0 Å². The van der Waals surface area contributed by atoms with Crippen molar-refractivity contribution in [2.24, 2.45) is 5.73 Å². The van der Waals surface area contributed by atoms with Crippen molar-refractivity contribution in [1.82, 2.24) is 0 Å². The minimum atomic E-state index is 0.375. The van der Waals surface area contributed by atoms with Gasteiger partial charge in [-0.3, -0.25) is 0 Å². The van der Waals surface area contributed by atoms with Gasteiger partial charge in [0.25, 0.3) is 0 Å². The second kappa shape index (κ2) is 4.61. The lowest BCUT2D eigenvalue weighted by Gasteiger charge is -2.21. The molecule has 1 saturated carbocycles. The van der Waals surface area contributed by atoms with Gasteiger partial charge in [-0.1, -0.05) is 49.6 Å². The van der Waals surface area contributed by atoms with Crippen LogP contribution in [0.4, 0.5) is 0 Å². The first kappa shape index (κ1) is 9.72. The van der Waals surface area contributed by atoms with E-state index in [9.17, 15) is 0 Å². The van der Waals surface area contributed by atoms with Gasteiger partial charge >= 0.3 is 0 Å². The zero-order valence-corrected chi connectivity index (χ0v) is 8.65. The Hall–Kier alpha value is -0.820. The Labute approximate surface area is 86.3 Å². The molecule has 76 valence electrons. The molecule has 0 aliphatic heterocycles. The van der Waals surface area contributed by atoms with Crippen LogP contribution in [0.5, 0.6) is 0 Å². The molecule has 1 fully saturated rings. The summed E-state index contributed by atoms with van der Waals surface area (Å²) in [7, 11) is 0. The molecule has 2 N–H and O–H groups in total. The van der Waals surface area contributed by atoms with Crippen LogP contribution in [0.15, 0.2) is 30.3 Å². The van der Waals surface area contributed by atoms with Crippen molar-refractivity contribution in [2.75, 3.05) is 0 Å². The van der Waals surface area contributed by atoms with Gasteiger partial charge in [0.2, 0.25) is 0 Å². The Kier molecular flexibility index (Phi) is 3.20. The summed E-state index contributed by atoms with van der Waals surface area (Å²) in [6, 6.07) is 11.1. The van der Waals surface area contributed by atoms with Crippen molar-refractivity contribution in [3.8, 4) is 0 Å². The van der Waals surface area contributed by atoms with Gasteiger partial charge in [-0.05, 0) is 24.3 Å². The lowest BCUT2D eigenvalue weighted by molar-refractivity contribution is 0.505. The number of nitrogens with two attached hydrogens (primary N) is 1. The number of benzene rings is 1. The van der Waals surface area contributed by atoms with Crippen LogP contribution < -0.4 is 5.73 Å². The maximum Gasteiger partial charge on any atom is 0.0108 e. The average molecular weight is 189 g/mol. The van der Waals surface area contributed by atoms with E-state index in [4.69, 9.17) is 5.73 Å². The van der Waals surface area contributed by atoms with E-state index < -0.39 is 0 Å². The van der Waals surface area contributed by atoms with E-state index in [-0.39, 0.29) is 0 Å². The summed E-state index contributed by atoms with van der Waals surface area (Å²) in [4.78, 5) is 0. The van der Waals surface area contributed by atoms with Crippen molar-refractivity contribution < 1.29 is 0 Å².